The van der Waals surface area contributed by atoms with Gasteiger partial charge in [0, 0.05) is 11.4 Å². The molecule has 36 heavy (non-hydrogen) atoms. The third-order valence-corrected chi connectivity index (χ3v) is 7.12. The number of anilines is 1. The number of ether oxygens (including phenoxy) is 1. The van der Waals surface area contributed by atoms with Crippen LogP contribution in [0.1, 0.15) is 63.8 Å². The van der Waals surface area contributed by atoms with Gasteiger partial charge in [-0.3, -0.25) is 14.4 Å². The lowest BCUT2D eigenvalue weighted by molar-refractivity contribution is -0.126. The number of amides is 3. The van der Waals surface area contributed by atoms with Crippen molar-refractivity contribution in [3.8, 4) is 5.75 Å². The summed E-state index contributed by atoms with van der Waals surface area (Å²) in [6.07, 6.45) is 0.796. The standard InChI is InChI=1S/C25H31N5O4S2/c1-4-34-17-9-7-16(8-10-17)21(24(32)28-12-11-15(2)3)30(14-18-6-5-13-35-18)25(33)22-19(26)20(23(27)31)29-36-22/h5-10,13,15,21H,4,11-12,14,26H2,1-3H3,(H2,27,31)(H,28,32)/t21-/m1/s1. The Labute approximate surface area is 218 Å². The van der Waals surface area contributed by atoms with Crippen molar-refractivity contribution in [3.05, 3.63) is 62.8 Å². The molecule has 0 spiro atoms. The van der Waals surface area contributed by atoms with Gasteiger partial charge in [0.1, 0.15) is 16.7 Å². The first kappa shape index (κ1) is 27.2. The van der Waals surface area contributed by atoms with Gasteiger partial charge in [0.05, 0.1) is 18.8 Å². The Morgan fingerprint density at radius 2 is 1.89 bits per heavy atom. The lowest BCUT2D eigenvalue weighted by Crippen LogP contribution is -2.43. The summed E-state index contributed by atoms with van der Waals surface area (Å²) in [5.74, 6) is -0.578. The van der Waals surface area contributed by atoms with E-state index in [1.54, 1.807) is 24.3 Å². The molecule has 3 aromatic rings. The molecular weight excluding hydrogens is 498 g/mol. The van der Waals surface area contributed by atoms with E-state index in [1.165, 1.54) is 16.2 Å². The molecule has 0 aliphatic rings. The second kappa shape index (κ2) is 12.5. The zero-order valence-corrected chi connectivity index (χ0v) is 22.2. The molecule has 5 N–H and O–H groups in total. The van der Waals surface area contributed by atoms with Gasteiger partial charge in [-0.2, -0.15) is 4.37 Å². The Balaban J connectivity index is 2.05. The molecule has 2 heterocycles. The molecule has 3 amide bonds. The van der Waals surface area contributed by atoms with Crippen LogP contribution in [0.4, 0.5) is 5.69 Å². The van der Waals surface area contributed by atoms with Crippen LogP contribution in [0.5, 0.6) is 5.75 Å². The van der Waals surface area contributed by atoms with Gasteiger partial charge in [-0.05, 0) is 59.9 Å². The van der Waals surface area contributed by atoms with Gasteiger partial charge in [-0.1, -0.05) is 32.0 Å². The van der Waals surface area contributed by atoms with E-state index in [1.807, 2.05) is 24.4 Å². The number of aromatic nitrogens is 1. The Kier molecular flexibility index (Phi) is 9.43. The zero-order chi connectivity index (χ0) is 26.2. The van der Waals surface area contributed by atoms with Gasteiger partial charge < -0.3 is 26.4 Å². The number of benzene rings is 1. The number of primary amides is 1. The molecule has 11 heteroatoms. The highest BCUT2D eigenvalue weighted by molar-refractivity contribution is 7.10. The van der Waals surface area contributed by atoms with Crippen molar-refractivity contribution in [2.45, 2.75) is 39.8 Å². The van der Waals surface area contributed by atoms with Crippen molar-refractivity contribution in [1.29, 1.82) is 0 Å². The largest absolute Gasteiger partial charge is 0.494 e. The third-order valence-electron chi connectivity index (χ3n) is 5.41. The highest BCUT2D eigenvalue weighted by atomic mass is 32.1. The van der Waals surface area contributed by atoms with Crippen molar-refractivity contribution in [2.24, 2.45) is 11.7 Å². The Morgan fingerprint density at radius 1 is 1.17 bits per heavy atom. The molecule has 192 valence electrons. The average Bonchev–Trinajstić information content (AvgIpc) is 3.49. The minimum atomic E-state index is -0.957. The maximum Gasteiger partial charge on any atom is 0.270 e. The van der Waals surface area contributed by atoms with E-state index in [0.29, 0.717) is 30.4 Å². The lowest BCUT2D eigenvalue weighted by atomic mass is 10.0. The summed E-state index contributed by atoms with van der Waals surface area (Å²) in [6.45, 7) is 7.18. The topological polar surface area (TPSA) is 141 Å². The molecule has 0 saturated heterocycles. The second-order valence-corrected chi connectivity index (χ2v) is 10.3. The molecule has 0 fully saturated rings. The van der Waals surface area contributed by atoms with Crippen molar-refractivity contribution in [2.75, 3.05) is 18.9 Å². The number of hydrogen-bond donors (Lipinski definition) is 3. The van der Waals surface area contributed by atoms with Crippen LogP contribution in [0.3, 0.4) is 0 Å². The average molecular weight is 530 g/mol. The first-order valence-electron chi connectivity index (χ1n) is 11.6. The monoisotopic (exact) mass is 529 g/mol. The molecule has 0 aliphatic carbocycles. The number of nitrogen functional groups attached to an aromatic ring is 1. The number of carbonyl (C=O) groups is 3. The number of thiophene rings is 1. The van der Waals surface area contributed by atoms with Crippen molar-refractivity contribution in [1.82, 2.24) is 14.6 Å². The summed E-state index contributed by atoms with van der Waals surface area (Å²) in [6, 6.07) is 9.90. The number of nitrogens with zero attached hydrogens (tertiary/aromatic N) is 2. The van der Waals surface area contributed by atoms with E-state index < -0.39 is 17.9 Å². The van der Waals surface area contributed by atoms with E-state index in [2.05, 4.69) is 23.5 Å². The SMILES string of the molecule is CCOc1ccc([C@H](C(=O)NCCC(C)C)N(Cc2cccs2)C(=O)c2snc(C(N)=O)c2N)cc1. The summed E-state index contributed by atoms with van der Waals surface area (Å²) in [5.41, 5.74) is 11.8. The van der Waals surface area contributed by atoms with E-state index in [9.17, 15) is 14.4 Å². The van der Waals surface area contributed by atoms with Crippen molar-refractivity contribution >= 4 is 46.3 Å². The molecule has 0 unspecified atom stereocenters. The van der Waals surface area contributed by atoms with Gasteiger partial charge in [0.2, 0.25) is 5.91 Å². The normalized spacial score (nSPS) is 11.8. The van der Waals surface area contributed by atoms with E-state index in [-0.39, 0.29) is 28.7 Å². The number of hydrogen-bond acceptors (Lipinski definition) is 8. The van der Waals surface area contributed by atoms with Crippen LogP contribution in [0, 0.1) is 5.92 Å². The summed E-state index contributed by atoms with van der Waals surface area (Å²) in [7, 11) is 0. The molecule has 9 nitrogen and oxygen atoms in total. The van der Waals surface area contributed by atoms with Crippen LogP contribution in [0.2, 0.25) is 0 Å². The minimum absolute atomic E-state index is 0.0614. The van der Waals surface area contributed by atoms with Crippen LogP contribution in [-0.2, 0) is 11.3 Å². The summed E-state index contributed by atoms with van der Waals surface area (Å²) < 4.78 is 9.52. The highest BCUT2D eigenvalue weighted by Crippen LogP contribution is 2.31. The Hall–Kier alpha value is -3.44. The minimum Gasteiger partial charge on any atom is -0.494 e. The molecule has 0 radical (unpaired) electrons. The van der Waals surface area contributed by atoms with Crippen LogP contribution >= 0.6 is 22.9 Å². The van der Waals surface area contributed by atoms with Crippen LogP contribution in [0.25, 0.3) is 0 Å². The second-order valence-electron chi connectivity index (χ2n) is 8.53. The zero-order valence-electron chi connectivity index (χ0n) is 20.5. The highest BCUT2D eigenvalue weighted by Gasteiger charge is 2.35. The van der Waals surface area contributed by atoms with Gasteiger partial charge >= 0.3 is 0 Å². The molecule has 1 atom stereocenters. The fourth-order valence-corrected chi connectivity index (χ4v) is 5.04. The fraction of sp³-hybridized carbons (Fsp3) is 0.360. The van der Waals surface area contributed by atoms with Gasteiger partial charge in [0.15, 0.2) is 5.69 Å². The molecule has 0 bridgehead atoms. The van der Waals surface area contributed by atoms with E-state index in [0.717, 1.165) is 22.8 Å². The molecular formula is C25H31N5O4S2. The first-order chi connectivity index (χ1) is 17.2. The maximum atomic E-state index is 13.9. The summed E-state index contributed by atoms with van der Waals surface area (Å²) >= 11 is 2.26. The van der Waals surface area contributed by atoms with Crippen LogP contribution in [-0.4, -0.2) is 40.1 Å². The molecule has 3 rings (SSSR count). The van der Waals surface area contributed by atoms with Gasteiger partial charge in [-0.15, -0.1) is 11.3 Å². The van der Waals surface area contributed by atoms with E-state index in [4.69, 9.17) is 16.2 Å². The summed E-state index contributed by atoms with van der Waals surface area (Å²) in [4.78, 5) is 41.5. The van der Waals surface area contributed by atoms with Crippen LogP contribution in [0.15, 0.2) is 41.8 Å². The smallest absolute Gasteiger partial charge is 0.270 e. The maximum absolute atomic E-state index is 13.9. The number of nitrogens with two attached hydrogens (primary N) is 2. The van der Waals surface area contributed by atoms with Crippen molar-refractivity contribution in [3.63, 3.8) is 0 Å². The quantitative estimate of drug-likeness (QED) is 0.326. The predicted octanol–water partition coefficient (Wildman–Crippen LogP) is 3.83. The first-order valence-corrected chi connectivity index (χ1v) is 13.3. The third kappa shape index (κ3) is 6.61. The van der Waals surface area contributed by atoms with Gasteiger partial charge in [0.25, 0.3) is 11.8 Å². The molecule has 2 aromatic heterocycles. The molecule has 1 aromatic carbocycles. The number of carbonyl (C=O) groups excluding carboxylic acids is 3. The fourth-order valence-electron chi connectivity index (χ4n) is 3.58. The number of nitrogens with one attached hydrogen (secondary N) is 1. The summed E-state index contributed by atoms with van der Waals surface area (Å²) in [5, 5.41) is 4.88. The number of rotatable bonds is 12. The molecule has 0 aliphatic heterocycles. The Morgan fingerprint density at radius 3 is 2.44 bits per heavy atom. The Bertz CT molecular complexity index is 1180. The lowest BCUT2D eigenvalue weighted by Gasteiger charge is -2.31. The predicted molar refractivity (Wildman–Crippen MR) is 142 cm³/mol. The van der Waals surface area contributed by atoms with E-state index >= 15 is 0 Å². The molecule has 0 saturated carbocycles. The van der Waals surface area contributed by atoms with Crippen LogP contribution < -0.4 is 21.5 Å². The van der Waals surface area contributed by atoms with Gasteiger partial charge in [-0.25, -0.2) is 0 Å². The van der Waals surface area contributed by atoms with Crippen molar-refractivity contribution < 1.29 is 19.1 Å².